The lowest BCUT2D eigenvalue weighted by molar-refractivity contribution is 0.203. The molecule has 2 heterocycles. The largest absolute Gasteiger partial charge is 0.334 e. The van der Waals surface area contributed by atoms with Crippen LogP contribution in [0.4, 0.5) is 4.79 Å². The SMILES string of the molecule is CCc1ccc(CN2C(=O)NC(c3ccc(SC)cc3)C(c3nc(-c4ccccc4)no3)=C2C)cc1. The molecule has 182 valence electrons. The molecule has 0 radical (unpaired) electrons. The minimum atomic E-state index is -0.406. The third-order valence-corrected chi connectivity index (χ3v) is 7.25. The molecule has 4 aromatic rings. The number of amides is 2. The van der Waals surface area contributed by atoms with Crippen molar-refractivity contribution >= 4 is 23.4 Å². The van der Waals surface area contributed by atoms with Crippen molar-refractivity contribution in [2.24, 2.45) is 0 Å². The molecule has 1 unspecified atom stereocenters. The van der Waals surface area contributed by atoms with Crippen LogP contribution in [-0.4, -0.2) is 27.3 Å². The number of nitrogens with zero attached hydrogens (tertiary/aromatic N) is 3. The van der Waals surface area contributed by atoms with Gasteiger partial charge in [0, 0.05) is 16.2 Å². The lowest BCUT2D eigenvalue weighted by Crippen LogP contribution is -2.45. The summed E-state index contributed by atoms with van der Waals surface area (Å²) in [5, 5.41) is 7.43. The second-order valence-electron chi connectivity index (χ2n) is 8.70. The lowest BCUT2D eigenvalue weighted by atomic mass is 9.94. The van der Waals surface area contributed by atoms with Crippen molar-refractivity contribution in [2.45, 2.75) is 37.8 Å². The molecule has 36 heavy (non-hydrogen) atoms. The van der Waals surface area contributed by atoms with Crippen molar-refractivity contribution in [3.8, 4) is 11.4 Å². The van der Waals surface area contributed by atoms with Crippen LogP contribution in [-0.2, 0) is 13.0 Å². The van der Waals surface area contributed by atoms with Crippen LogP contribution in [0.5, 0.6) is 0 Å². The molecule has 5 rings (SSSR count). The van der Waals surface area contributed by atoms with Gasteiger partial charge in [0.15, 0.2) is 0 Å². The van der Waals surface area contributed by atoms with E-state index >= 15 is 0 Å². The zero-order chi connectivity index (χ0) is 25.1. The van der Waals surface area contributed by atoms with Gasteiger partial charge in [0.25, 0.3) is 5.89 Å². The van der Waals surface area contributed by atoms with Gasteiger partial charge < -0.3 is 9.84 Å². The van der Waals surface area contributed by atoms with Gasteiger partial charge in [0.2, 0.25) is 5.82 Å². The zero-order valence-corrected chi connectivity index (χ0v) is 21.4. The first-order chi connectivity index (χ1) is 17.6. The van der Waals surface area contributed by atoms with Crippen LogP contribution in [0.15, 0.2) is 94.0 Å². The van der Waals surface area contributed by atoms with Gasteiger partial charge in [-0.05, 0) is 48.4 Å². The van der Waals surface area contributed by atoms with E-state index in [-0.39, 0.29) is 6.03 Å². The summed E-state index contributed by atoms with van der Waals surface area (Å²) in [5.41, 5.74) is 5.75. The third-order valence-electron chi connectivity index (χ3n) is 6.51. The maximum atomic E-state index is 13.4. The molecule has 0 saturated carbocycles. The molecule has 7 heteroatoms. The first kappa shape index (κ1) is 23.9. The first-order valence-corrected chi connectivity index (χ1v) is 13.2. The molecule has 1 N–H and O–H groups in total. The quantitative estimate of drug-likeness (QED) is 0.288. The monoisotopic (exact) mass is 496 g/mol. The van der Waals surface area contributed by atoms with E-state index in [1.54, 1.807) is 16.7 Å². The Hall–Kier alpha value is -3.84. The average Bonchev–Trinajstić information content (AvgIpc) is 3.41. The second kappa shape index (κ2) is 10.4. The maximum Gasteiger partial charge on any atom is 0.322 e. The zero-order valence-electron chi connectivity index (χ0n) is 20.6. The molecule has 3 aromatic carbocycles. The number of benzene rings is 3. The van der Waals surface area contributed by atoms with Crippen LogP contribution in [0.1, 0.15) is 42.5 Å². The number of aromatic nitrogens is 2. The fourth-order valence-corrected chi connectivity index (χ4v) is 4.80. The predicted molar refractivity (Wildman–Crippen MR) is 143 cm³/mol. The molecular formula is C29H28N4O2S. The summed E-state index contributed by atoms with van der Waals surface area (Å²) >= 11 is 1.68. The highest BCUT2D eigenvalue weighted by Gasteiger charge is 2.35. The average molecular weight is 497 g/mol. The standard InChI is InChI=1S/C29H28N4O2S/c1-4-20-10-12-21(13-11-20)18-33-19(2)25(28-31-27(32-35-28)23-8-6-5-7-9-23)26(30-29(33)34)22-14-16-24(36-3)17-15-22/h5-17,26H,4,18H2,1-3H3,(H,30,34). The normalized spacial score (nSPS) is 15.8. The summed E-state index contributed by atoms with van der Waals surface area (Å²) in [7, 11) is 0. The molecular weight excluding hydrogens is 468 g/mol. The van der Waals surface area contributed by atoms with Crippen LogP contribution in [0.3, 0.4) is 0 Å². The lowest BCUT2D eigenvalue weighted by Gasteiger charge is -2.35. The molecule has 1 aromatic heterocycles. The summed E-state index contributed by atoms with van der Waals surface area (Å²) in [5.74, 6) is 0.914. The first-order valence-electron chi connectivity index (χ1n) is 12.0. The predicted octanol–water partition coefficient (Wildman–Crippen LogP) is 6.72. The number of hydrogen-bond acceptors (Lipinski definition) is 5. The summed E-state index contributed by atoms with van der Waals surface area (Å²) in [4.78, 5) is 21.0. The van der Waals surface area contributed by atoms with E-state index in [2.05, 4.69) is 53.8 Å². The Morgan fingerprint density at radius 3 is 2.33 bits per heavy atom. The van der Waals surface area contributed by atoms with Gasteiger partial charge in [-0.1, -0.05) is 78.8 Å². The van der Waals surface area contributed by atoms with Crippen LogP contribution in [0.25, 0.3) is 17.0 Å². The van der Waals surface area contributed by atoms with E-state index in [0.717, 1.165) is 39.3 Å². The van der Waals surface area contributed by atoms with Crippen molar-refractivity contribution in [3.05, 3.63) is 107 Å². The number of aryl methyl sites for hydroxylation is 1. The molecule has 0 fully saturated rings. The number of urea groups is 1. The molecule has 0 bridgehead atoms. The van der Waals surface area contributed by atoms with Crippen LogP contribution in [0, 0.1) is 0 Å². The van der Waals surface area contributed by atoms with E-state index in [1.165, 1.54) is 5.56 Å². The van der Waals surface area contributed by atoms with E-state index < -0.39 is 6.04 Å². The number of rotatable bonds is 7. The van der Waals surface area contributed by atoms with E-state index in [0.29, 0.717) is 18.3 Å². The fourth-order valence-electron chi connectivity index (χ4n) is 4.40. The van der Waals surface area contributed by atoms with Crippen LogP contribution >= 0.6 is 11.8 Å². The highest BCUT2D eigenvalue weighted by molar-refractivity contribution is 7.98. The molecule has 0 spiro atoms. The Bertz CT molecular complexity index is 1380. The molecule has 2 amide bonds. The Labute approximate surface area is 215 Å². The number of allylic oxidation sites excluding steroid dienone is 1. The molecule has 1 aliphatic heterocycles. The van der Waals surface area contributed by atoms with Crippen molar-refractivity contribution < 1.29 is 9.32 Å². The number of carbonyl (C=O) groups is 1. The number of nitrogens with one attached hydrogen (secondary N) is 1. The van der Waals surface area contributed by atoms with Crippen molar-refractivity contribution in [1.82, 2.24) is 20.4 Å². The highest BCUT2D eigenvalue weighted by Crippen LogP contribution is 2.38. The summed E-state index contributed by atoms with van der Waals surface area (Å²) in [6.45, 7) is 4.53. The Morgan fingerprint density at radius 1 is 0.972 bits per heavy atom. The van der Waals surface area contributed by atoms with Gasteiger partial charge in [-0.3, -0.25) is 4.90 Å². The summed E-state index contributed by atoms with van der Waals surface area (Å²) in [6, 6.07) is 25.7. The number of thioether (sulfide) groups is 1. The van der Waals surface area contributed by atoms with Gasteiger partial charge in [-0.2, -0.15) is 4.98 Å². The minimum absolute atomic E-state index is 0.155. The number of hydrogen-bond donors (Lipinski definition) is 1. The highest BCUT2D eigenvalue weighted by atomic mass is 32.2. The minimum Gasteiger partial charge on any atom is -0.334 e. The second-order valence-corrected chi connectivity index (χ2v) is 9.58. The van der Waals surface area contributed by atoms with Crippen molar-refractivity contribution in [1.29, 1.82) is 0 Å². The van der Waals surface area contributed by atoms with Gasteiger partial charge in [0.05, 0.1) is 18.2 Å². The number of carbonyl (C=O) groups excluding carboxylic acids is 1. The topological polar surface area (TPSA) is 71.3 Å². The summed E-state index contributed by atoms with van der Waals surface area (Å²) < 4.78 is 5.79. The Balaban J connectivity index is 1.57. The van der Waals surface area contributed by atoms with Gasteiger partial charge in [-0.15, -0.1) is 11.8 Å². The molecule has 6 nitrogen and oxygen atoms in total. The van der Waals surface area contributed by atoms with Gasteiger partial charge in [0.1, 0.15) is 0 Å². The Kier molecular flexibility index (Phi) is 6.91. The van der Waals surface area contributed by atoms with Crippen LogP contribution in [0.2, 0.25) is 0 Å². The summed E-state index contributed by atoms with van der Waals surface area (Å²) in [6.07, 6.45) is 3.02. The van der Waals surface area contributed by atoms with Gasteiger partial charge in [-0.25, -0.2) is 4.79 Å². The smallest absolute Gasteiger partial charge is 0.322 e. The maximum absolute atomic E-state index is 13.4. The van der Waals surface area contributed by atoms with Crippen molar-refractivity contribution in [2.75, 3.05) is 6.26 Å². The Morgan fingerprint density at radius 2 is 1.67 bits per heavy atom. The van der Waals surface area contributed by atoms with E-state index in [1.807, 2.05) is 55.6 Å². The van der Waals surface area contributed by atoms with Crippen LogP contribution < -0.4 is 5.32 Å². The van der Waals surface area contributed by atoms with Gasteiger partial charge >= 0.3 is 6.03 Å². The van der Waals surface area contributed by atoms with Crippen molar-refractivity contribution in [3.63, 3.8) is 0 Å². The molecule has 1 atom stereocenters. The third kappa shape index (κ3) is 4.79. The van der Waals surface area contributed by atoms with E-state index in [9.17, 15) is 4.79 Å². The van der Waals surface area contributed by atoms with E-state index in [4.69, 9.17) is 9.51 Å². The molecule has 1 aliphatic rings. The fraction of sp³-hybridized carbons (Fsp3) is 0.207. The molecule has 0 saturated heterocycles. The molecule has 0 aliphatic carbocycles.